The van der Waals surface area contributed by atoms with Crippen LogP contribution in [-0.2, 0) is 14.3 Å². The largest absolute Gasteiger partial charge is 0.380 e. The van der Waals surface area contributed by atoms with E-state index >= 15 is 0 Å². The number of hydrogen-bond acceptors (Lipinski definition) is 6. The lowest BCUT2D eigenvalue weighted by molar-refractivity contribution is -0.127. The fourth-order valence-electron chi connectivity index (χ4n) is 2.36. The number of hydrogen-bond donors (Lipinski definition) is 0. The van der Waals surface area contributed by atoms with Crippen LogP contribution in [0.15, 0.2) is 34.9 Å². The van der Waals surface area contributed by atoms with E-state index in [2.05, 4.69) is 10.1 Å². The highest BCUT2D eigenvalue weighted by molar-refractivity contribution is 5.85. The molecule has 0 saturated carbocycles. The third-order valence-electron chi connectivity index (χ3n) is 3.49. The van der Waals surface area contributed by atoms with Crippen LogP contribution in [0.2, 0.25) is 0 Å². The Labute approximate surface area is 122 Å². The molecule has 110 valence electrons. The van der Waals surface area contributed by atoms with Gasteiger partial charge >= 0.3 is 0 Å². The second-order valence-electron chi connectivity index (χ2n) is 4.86. The molecule has 2 aromatic rings. The van der Waals surface area contributed by atoms with Crippen LogP contribution in [0.5, 0.6) is 0 Å². The molecule has 0 spiro atoms. The summed E-state index contributed by atoms with van der Waals surface area (Å²) in [5, 5.41) is 3.95. The molecule has 1 aromatic heterocycles. The summed E-state index contributed by atoms with van der Waals surface area (Å²) in [6, 6.07) is 9.62. The third kappa shape index (κ3) is 2.86. The van der Waals surface area contributed by atoms with E-state index in [0.717, 1.165) is 5.56 Å². The highest BCUT2D eigenvalue weighted by Gasteiger charge is 2.31. The van der Waals surface area contributed by atoms with Gasteiger partial charge in [-0.25, -0.2) is 0 Å². The van der Waals surface area contributed by atoms with Crippen LogP contribution in [0, 0.1) is 0 Å². The minimum absolute atomic E-state index is 0.0742. The number of Topliss-reactive ketones (excluding diaryl/α,β-unsaturated/α-hetero) is 1. The van der Waals surface area contributed by atoms with Gasteiger partial charge in [0, 0.05) is 13.5 Å². The third-order valence-corrected chi connectivity index (χ3v) is 3.49. The van der Waals surface area contributed by atoms with Gasteiger partial charge in [0.2, 0.25) is 11.7 Å². The minimum atomic E-state index is -0.465. The van der Waals surface area contributed by atoms with Crippen molar-refractivity contribution in [1.29, 1.82) is 0 Å². The van der Waals surface area contributed by atoms with E-state index < -0.39 is 12.0 Å². The number of benzene rings is 1. The first kappa shape index (κ1) is 13.9. The second kappa shape index (κ2) is 6.15. The molecule has 21 heavy (non-hydrogen) atoms. The van der Waals surface area contributed by atoms with Gasteiger partial charge in [-0.15, -0.1) is 0 Å². The van der Waals surface area contributed by atoms with Gasteiger partial charge in [-0.1, -0.05) is 35.5 Å². The number of methoxy groups -OCH3 is 1. The molecule has 2 heterocycles. The van der Waals surface area contributed by atoms with Gasteiger partial charge in [-0.05, 0) is 5.56 Å². The van der Waals surface area contributed by atoms with Gasteiger partial charge in [0.1, 0.15) is 17.8 Å². The molecule has 1 aromatic carbocycles. The highest BCUT2D eigenvalue weighted by Crippen LogP contribution is 2.26. The molecular formula is C15H16N2O4. The first-order valence-electron chi connectivity index (χ1n) is 6.81. The van der Waals surface area contributed by atoms with Gasteiger partial charge in [0.25, 0.3) is 0 Å². The van der Waals surface area contributed by atoms with E-state index in [4.69, 9.17) is 14.0 Å². The lowest BCUT2D eigenvalue weighted by Gasteiger charge is -2.17. The summed E-state index contributed by atoms with van der Waals surface area (Å²) in [5.74, 6) is 0.322. The van der Waals surface area contributed by atoms with Crippen molar-refractivity contribution < 1.29 is 18.8 Å². The molecule has 3 rings (SSSR count). The number of ether oxygens (including phenoxy) is 2. The van der Waals surface area contributed by atoms with Crippen LogP contribution in [0.1, 0.15) is 35.7 Å². The average molecular weight is 288 g/mol. The Morgan fingerprint density at radius 2 is 2.14 bits per heavy atom. The molecular weight excluding hydrogens is 272 g/mol. The molecule has 0 aliphatic carbocycles. The van der Waals surface area contributed by atoms with Crippen LogP contribution >= 0.6 is 0 Å². The first-order valence-corrected chi connectivity index (χ1v) is 6.81. The molecule has 0 radical (unpaired) electrons. The van der Waals surface area contributed by atoms with Crippen molar-refractivity contribution in [2.75, 3.05) is 20.3 Å². The van der Waals surface area contributed by atoms with Crippen molar-refractivity contribution in [3.05, 3.63) is 47.6 Å². The molecule has 1 aliphatic heterocycles. The molecule has 0 N–H and O–H groups in total. The number of aromatic nitrogens is 2. The van der Waals surface area contributed by atoms with Gasteiger partial charge in [-0.2, -0.15) is 4.98 Å². The Balaban J connectivity index is 1.85. The number of ketones is 1. The maximum absolute atomic E-state index is 11.9. The Morgan fingerprint density at radius 1 is 1.33 bits per heavy atom. The number of carbonyl (C=O) groups is 1. The SMILES string of the molecule is COC(c1ccccc1)c1noc(C2COCCC2=O)n1. The van der Waals surface area contributed by atoms with E-state index in [1.807, 2.05) is 30.3 Å². The normalized spacial score (nSPS) is 20.4. The quantitative estimate of drug-likeness (QED) is 0.855. The Morgan fingerprint density at radius 3 is 2.86 bits per heavy atom. The number of carbonyl (C=O) groups excluding carboxylic acids is 1. The highest BCUT2D eigenvalue weighted by atomic mass is 16.5. The van der Waals surface area contributed by atoms with Crippen molar-refractivity contribution in [3.8, 4) is 0 Å². The van der Waals surface area contributed by atoms with Crippen LogP contribution in [0.25, 0.3) is 0 Å². The summed E-state index contributed by atoms with van der Waals surface area (Å²) in [6.07, 6.45) is -0.0299. The van der Waals surface area contributed by atoms with Crippen LogP contribution in [0.4, 0.5) is 0 Å². The summed E-state index contributed by atoms with van der Waals surface area (Å²) in [6.45, 7) is 0.754. The van der Waals surface area contributed by atoms with Crippen molar-refractivity contribution in [2.24, 2.45) is 0 Å². The van der Waals surface area contributed by atoms with Crippen LogP contribution in [0.3, 0.4) is 0 Å². The molecule has 1 fully saturated rings. The predicted octanol–water partition coefficient (Wildman–Crippen LogP) is 1.88. The molecule has 0 bridgehead atoms. The maximum atomic E-state index is 11.9. The predicted molar refractivity (Wildman–Crippen MR) is 72.8 cm³/mol. The van der Waals surface area contributed by atoms with Crippen LogP contribution in [-0.4, -0.2) is 36.2 Å². The van der Waals surface area contributed by atoms with Gasteiger partial charge in [-0.3, -0.25) is 4.79 Å². The van der Waals surface area contributed by atoms with Gasteiger partial charge in [0.15, 0.2) is 0 Å². The second-order valence-corrected chi connectivity index (χ2v) is 4.86. The monoisotopic (exact) mass is 288 g/mol. The van der Waals surface area contributed by atoms with E-state index in [9.17, 15) is 4.79 Å². The zero-order valence-corrected chi connectivity index (χ0v) is 11.7. The average Bonchev–Trinajstić information content (AvgIpc) is 2.99. The Bertz CT molecular complexity index is 611. The van der Waals surface area contributed by atoms with Crippen molar-refractivity contribution in [1.82, 2.24) is 10.1 Å². The minimum Gasteiger partial charge on any atom is -0.380 e. The lowest BCUT2D eigenvalue weighted by atomic mass is 10.0. The van der Waals surface area contributed by atoms with E-state index in [-0.39, 0.29) is 5.78 Å². The molecule has 6 heteroatoms. The summed E-state index contributed by atoms with van der Waals surface area (Å²) in [5.41, 5.74) is 0.929. The maximum Gasteiger partial charge on any atom is 0.239 e. The topological polar surface area (TPSA) is 74.5 Å². The molecule has 0 amide bonds. The van der Waals surface area contributed by atoms with E-state index in [1.54, 1.807) is 7.11 Å². The van der Waals surface area contributed by atoms with E-state index in [0.29, 0.717) is 31.3 Å². The van der Waals surface area contributed by atoms with Gasteiger partial charge < -0.3 is 14.0 Å². The summed E-state index contributed by atoms with van der Waals surface area (Å²) in [4.78, 5) is 16.2. The van der Waals surface area contributed by atoms with Crippen molar-refractivity contribution >= 4 is 5.78 Å². The Kier molecular flexibility index (Phi) is 4.08. The van der Waals surface area contributed by atoms with Crippen molar-refractivity contribution in [2.45, 2.75) is 18.4 Å². The molecule has 6 nitrogen and oxygen atoms in total. The lowest BCUT2D eigenvalue weighted by Crippen LogP contribution is -2.25. The fraction of sp³-hybridized carbons (Fsp3) is 0.400. The molecule has 1 saturated heterocycles. The molecule has 2 atom stereocenters. The first-order chi connectivity index (χ1) is 10.3. The smallest absolute Gasteiger partial charge is 0.239 e. The zero-order chi connectivity index (χ0) is 14.7. The molecule has 1 aliphatic rings. The number of rotatable bonds is 4. The van der Waals surface area contributed by atoms with Crippen LogP contribution < -0.4 is 0 Å². The summed E-state index contributed by atoms with van der Waals surface area (Å²) in [7, 11) is 1.59. The van der Waals surface area contributed by atoms with Crippen molar-refractivity contribution in [3.63, 3.8) is 0 Å². The number of nitrogens with zero attached hydrogens (tertiary/aromatic N) is 2. The fourth-order valence-corrected chi connectivity index (χ4v) is 2.36. The summed E-state index contributed by atoms with van der Waals surface area (Å²) < 4.78 is 16.0. The standard InChI is InChI=1S/C15H16N2O4/c1-19-13(10-5-3-2-4-6-10)14-16-15(21-17-14)11-9-20-8-7-12(11)18/h2-6,11,13H,7-9H2,1H3. The Hall–Kier alpha value is -2.05. The molecule has 2 unspecified atom stereocenters. The van der Waals surface area contributed by atoms with E-state index in [1.165, 1.54) is 0 Å². The summed E-state index contributed by atoms with van der Waals surface area (Å²) >= 11 is 0. The van der Waals surface area contributed by atoms with Gasteiger partial charge in [0.05, 0.1) is 13.2 Å². The zero-order valence-electron chi connectivity index (χ0n) is 11.7.